The van der Waals surface area contributed by atoms with Crippen molar-refractivity contribution in [2.24, 2.45) is 0 Å². The van der Waals surface area contributed by atoms with E-state index in [2.05, 4.69) is 49.8 Å². The minimum absolute atomic E-state index is 0. The summed E-state index contributed by atoms with van der Waals surface area (Å²) in [5.74, 6) is 0. The van der Waals surface area contributed by atoms with Gasteiger partial charge in [0, 0.05) is 32.6 Å². The maximum absolute atomic E-state index is 2.20. The molecule has 1 aliphatic carbocycles. The molecule has 0 saturated heterocycles. The van der Waals surface area contributed by atoms with Crippen LogP contribution in [0.15, 0.2) is 48.1 Å². The van der Waals surface area contributed by atoms with Crippen molar-refractivity contribution < 1.29 is 26.2 Å². The van der Waals surface area contributed by atoms with Crippen molar-refractivity contribution in [3.8, 4) is 0 Å². The van der Waals surface area contributed by atoms with Gasteiger partial charge in [-0.05, 0) is 18.1 Å². The molecule has 1 radical (unpaired) electrons. The maximum atomic E-state index is 2.20. The molecule has 1 heteroatoms. The predicted octanol–water partition coefficient (Wildman–Crippen LogP) is 3.23. The van der Waals surface area contributed by atoms with Crippen LogP contribution in [-0.4, -0.2) is 0 Å². The Kier molecular flexibility index (Phi) is 3.87. The van der Waals surface area contributed by atoms with E-state index in [0.29, 0.717) is 0 Å². The fraction of sp³-hybridized carbons (Fsp3) is 0.0833. The van der Waals surface area contributed by atoms with E-state index in [-0.39, 0.29) is 26.2 Å². The number of rotatable bonds is 1. The molecule has 0 amide bonds. The van der Waals surface area contributed by atoms with Gasteiger partial charge >= 0.3 is 0 Å². The summed E-state index contributed by atoms with van der Waals surface area (Å²) >= 11 is 0. The van der Waals surface area contributed by atoms with Crippen LogP contribution in [0, 0.1) is 6.42 Å². The summed E-state index contributed by atoms with van der Waals surface area (Å²) in [4.78, 5) is 0. The number of hydrogen-bond donors (Lipinski definition) is 0. The van der Waals surface area contributed by atoms with Crippen molar-refractivity contribution in [1.82, 2.24) is 0 Å². The fourth-order valence-corrected chi connectivity index (χ4v) is 1.37. The van der Waals surface area contributed by atoms with Crippen LogP contribution in [0.25, 0.3) is 5.57 Å². The number of allylic oxidation sites excluding steroid dienone is 4. The Bertz CT molecular complexity index is 333. The maximum Gasteiger partial charge on any atom is 0.00871 e. The predicted molar refractivity (Wildman–Crippen MR) is 52.5 cm³/mol. The summed E-state index contributed by atoms with van der Waals surface area (Å²) in [6, 6.07) is 10.4. The summed E-state index contributed by atoms with van der Waals surface area (Å²) in [5, 5.41) is 0. The van der Waals surface area contributed by atoms with E-state index in [1.165, 1.54) is 16.7 Å². The first kappa shape index (κ1) is 10.7. The molecule has 1 aromatic rings. The Balaban J connectivity index is 0.000000845. The van der Waals surface area contributed by atoms with Crippen LogP contribution in [-0.2, 0) is 26.2 Å². The van der Waals surface area contributed by atoms with Crippen LogP contribution in [0.5, 0.6) is 0 Å². The van der Waals surface area contributed by atoms with Gasteiger partial charge in [-0.25, -0.2) is 0 Å². The third-order valence-electron chi connectivity index (χ3n) is 2.02. The molecule has 2 rings (SSSR count). The molecule has 0 fully saturated rings. The fourth-order valence-electron chi connectivity index (χ4n) is 1.37. The first-order valence-electron chi connectivity index (χ1n) is 4.15. The van der Waals surface area contributed by atoms with Crippen molar-refractivity contribution in [1.29, 1.82) is 0 Å². The average molecular weight is 246 g/mol. The van der Waals surface area contributed by atoms with Crippen molar-refractivity contribution in [2.45, 2.75) is 6.92 Å². The van der Waals surface area contributed by atoms with E-state index in [4.69, 9.17) is 0 Å². The van der Waals surface area contributed by atoms with Gasteiger partial charge in [-0.2, -0.15) is 0 Å². The molecule has 0 bridgehead atoms. The van der Waals surface area contributed by atoms with Crippen LogP contribution >= 0.6 is 0 Å². The molecule has 1 aliphatic rings. The van der Waals surface area contributed by atoms with E-state index in [1.807, 2.05) is 6.07 Å². The summed E-state index contributed by atoms with van der Waals surface area (Å²) in [5.41, 5.74) is 3.94. The normalized spacial score (nSPS) is 14.5. The van der Waals surface area contributed by atoms with Crippen LogP contribution in [0.2, 0.25) is 0 Å². The zero-order valence-corrected chi connectivity index (χ0v) is 10.1. The summed E-state index contributed by atoms with van der Waals surface area (Å²) in [7, 11) is 0. The second-order valence-electron chi connectivity index (χ2n) is 3.04. The minimum Gasteiger partial charge on any atom is -0.0686 e. The first-order valence-corrected chi connectivity index (χ1v) is 4.15. The van der Waals surface area contributed by atoms with E-state index >= 15 is 0 Å². The smallest absolute Gasteiger partial charge is 0.00871 e. The molecular formula is C12H11Zr. The van der Waals surface area contributed by atoms with E-state index < -0.39 is 0 Å². The molecule has 13 heavy (non-hydrogen) atoms. The monoisotopic (exact) mass is 245 g/mol. The molecule has 0 atom stereocenters. The summed E-state index contributed by atoms with van der Waals surface area (Å²) < 4.78 is 0. The Morgan fingerprint density at radius 2 is 1.69 bits per heavy atom. The summed E-state index contributed by atoms with van der Waals surface area (Å²) in [6.07, 6.45) is 6.50. The minimum atomic E-state index is 0. The zero-order chi connectivity index (χ0) is 8.39. The second-order valence-corrected chi connectivity index (χ2v) is 3.04. The van der Waals surface area contributed by atoms with Crippen molar-refractivity contribution >= 4 is 5.57 Å². The number of hydrogen-bond acceptors (Lipinski definition) is 0. The summed E-state index contributed by atoms with van der Waals surface area (Å²) in [6.45, 7) is 2.12. The Morgan fingerprint density at radius 3 is 2.23 bits per heavy atom. The van der Waals surface area contributed by atoms with Gasteiger partial charge in [0.1, 0.15) is 0 Å². The van der Waals surface area contributed by atoms with Gasteiger partial charge < -0.3 is 0 Å². The van der Waals surface area contributed by atoms with Gasteiger partial charge in [-0.1, -0.05) is 48.1 Å². The van der Waals surface area contributed by atoms with E-state index in [0.717, 1.165) is 0 Å². The van der Waals surface area contributed by atoms with Crippen molar-refractivity contribution in [3.05, 3.63) is 60.0 Å². The quantitative estimate of drug-likeness (QED) is 0.714. The Labute approximate surface area is 98.5 Å². The van der Waals surface area contributed by atoms with Gasteiger partial charge in [-0.15, -0.1) is 0 Å². The molecule has 0 aliphatic heterocycles. The van der Waals surface area contributed by atoms with Gasteiger partial charge in [0.05, 0.1) is 0 Å². The zero-order valence-electron chi connectivity index (χ0n) is 7.62. The van der Waals surface area contributed by atoms with Crippen molar-refractivity contribution in [2.75, 3.05) is 0 Å². The molecular weight excluding hydrogens is 235 g/mol. The standard InChI is InChI=1S/C12H11.Zr/c1-10-7-8-12(9-10)11-5-3-2-4-6-11;/h2-9H,1H3;. The van der Waals surface area contributed by atoms with Crippen LogP contribution < -0.4 is 0 Å². The SMILES string of the molecule is CC1=CC(c2ccccc2)=C[CH]1.[Zr]. The number of benzene rings is 1. The van der Waals surface area contributed by atoms with Crippen LogP contribution in [0.1, 0.15) is 12.5 Å². The molecule has 0 nitrogen and oxygen atoms in total. The van der Waals surface area contributed by atoms with E-state index in [9.17, 15) is 0 Å². The van der Waals surface area contributed by atoms with Crippen LogP contribution in [0.4, 0.5) is 0 Å². The van der Waals surface area contributed by atoms with Crippen LogP contribution in [0.3, 0.4) is 0 Å². The van der Waals surface area contributed by atoms with E-state index in [1.54, 1.807) is 0 Å². The molecule has 0 saturated carbocycles. The molecule has 0 aromatic heterocycles. The van der Waals surface area contributed by atoms with Crippen molar-refractivity contribution in [3.63, 3.8) is 0 Å². The Morgan fingerprint density at radius 1 is 1.00 bits per heavy atom. The molecule has 0 N–H and O–H groups in total. The first-order chi connectivity index (χ1) is 5.86. The third-order valence-corrected chi connectivity index (χ3v) is 2.02. The van der Waals surface area contributed by atoms with Gasteiger partial charge in [-0.3, -0.25) is 0 Å². The molecule has 1 aromatic carbocycles. The average Bonchev–Trinajstić information content (AvgIpc) is 2.54. The molecule has 0 heterocycles. The third kappa shape index (κ3) is 2.51. The van der Waals surface area contributed by atoms with Gasteiger partial charge in [0.2, 0.25) is 0 Å². The second kappa shape index (κ2) is 4.72. The molecule has 63 valence electrons. The largest absolute Gasteiger partial charge is 0.0686 e. The molecule has 0 spiro atoms. The van der Waals surface area contributed by atoms with Gasteiger partial charge in [0.25, 0.3) is 0 Å². The topological polar surface area (TPSA) is 0 Å². The van der Waals surface area contributed by atoms with Gasteiger partial charge in [0.15, 0.2) is 0 Å². The Hall–Kier alpha value is -0.417. The molecule has 0 unspecified atom stereocenters.